The van der Waals surface area contributed by atoms with Crippen molar-refractivity contribution in [3.8, 4) is 6.07 Å². The first-order chi connectivity index (χ1) is 10.1. The second kappa shape index (κ2) is 7.06. The molecular weight excluding hydrogens is 258 g/mol. The minimum absolute atomic E-state index is 0.564. The van der Waals surface area contributed by atoms with Crippen molar-refractivity contribution in [2.45, 2.75) is 32.7 Å². The maximum Gasteiger partial charge on any atom is 0.133 e. The molecule has 3 heteroatoms. The lowest BCUT2D eigenvalue weighted by atomic mass is 9.87. The van der Waals surface area contributed by atoms with Crippen LogP contribution in [0.5, 0.6) is 0 Å². The van der Waals surface area contributed by atoms with Crippen molar-refractivity contribution in [2.75, 3.05) is 26.2 Å². The van der Waals surface area contributed by atoms with E-state index in [0.717, 1.165) is 50.0 Å². The predicted octanol–water partition coefficient (Wildman–Crippen LogP) is 2.99. The first-order valence-corrected chi connectivity index (χ1v) is 8.05. The first-order valence-electron chi connectivity index (χ1n) is 8.05. The van der Waals surface area contributed by atoms with Gasteiger partial charge in [-0.15, -0.1) is 0 Å². The van der Waals surface area contributed by atoms with Crippen LogP contribution in [0.1, 0.15) is 32.8 Å². The lowest BCUT2D eigenvalue weighted by Gasteiger charge is -2.30. The summed E-state index contributed by atoms with van der Waals surface area (Å²) in [6, 6.07) is 12.7. The molecule has 1 heterocycles. The maximum absolute atomic E-state index is 9.81. The van der Waals surface area contributed by atoms with Gasteiger partial charge in [-0.3, -0.25) is 5.32 Å². The molecule has 1 aliphatic rings. The molecule has 0 radical (unpaired) electrons. The number of nitriles is 1. The van der Waals surface area contributed by atoms with E-state index in [4.69, 9.17) is 0 Å². The van der Waals surface area contributed by atoms with Gasteiger partial charge in [0, 0.05) is 19.6 Å². The molecule has 1 N–H and O–H groups in total. The third-order valence-corrected chi connectivity index (χ3v) is 4.80. The second-order valence-corrected chi connectivity index (χ2v) is 6.38. The van der Waals surface area contributed by atoms with Crippen molar-refractivity contribution in [2.24, 2.45) is 11.8 Å². The lowest BCUT2D eigenvalue weighted by molar-refractivity contribution is 0.274. The number of hydrogen-bond donors (Lipinski definition) is 1. The number of rotatable bonds is 6. The number of hydrogen-bond acceptors (Lipinski definition) is 3. The highest BCUT2D eigenvalue weighted by Gasteiger charge is 2.33. The Morgan fingerprint density at radius 2 is 1.86 bits per heavy atom. The van der Waals surface area contributed by atoms with Gasteiger partial charge in [-0.05, 0) is 30.4 Å². The van der Waals surface area contributed by atoms with E-state index in [2.05, 4.69) is 49.2 Å². The van der Waals surface area contributed by atoms with Crippen LogP contribution in [0.4, 0.5) is 0 Å². The molecule has 0 spiro atoms. The molecule has 3 atom stereocenters. The molecule has 0 bridgehead atoms. The fourth-order valence-corrected chi connectivity index (χ4v) is 3.28. The molecule has 0 saturated carbocycles. The van der Waals surface area contributed by atoms with Crippen LogP contribution in [-0.4, -0.2) is 31.1 Å². The molecule has 1 fully saturated rings. The Kier molecular flexibility index (Phi) is 5.39. The Labute approximate surface area is 129 Å². The van der Waals surface area contributed by atoms with Gasteiger partial charge in [0.2, 0.25) is 0 Å². The van der Waals surface area contributed by atoms with Crippen LogP contribution in [-0.2, 0) is 5.54 Å². The minimum atomic E-state index is -0.564. The summed E-state index contributed by atoms with van der Waals surface area (Å²) in [6.45, 7) is 10.8. The van der Waals surface area contributed by atoms with Crippen molar-refractivity contribution < 1.29 is 0 Å². The summed E-state index contributed by atoms with van der Waals surface area (Å²) in [5.74, 6) is 1.52. The molecule has 1 aromatic carbocycles. The zero-order valence-electron chi connectivity index (χ0n) is 13.5. The van der Waals surface area contributed by atoms with Crippen LogP contribution >= 0.6 is 0 Å². The van der Waals surface area contributed by atoms with Gasteiger partial charge in [0.15, 0.2) is 0 Å². The van der Waals surface area contributed by atoms with Gasteiger partial charge >= 0.3 is 0 Å². The molecule has 114 valence electrons. The summed E-state index contributed by atoms with van der Waals surface area (Å²) in [6.07, 6.45) is 0.834. The zero-order valence-corrected chi connectivity index (χ0v) is 13.5. The summed E-state index contributed by atoms with van der Waals surface area (Å²) >= 11 is 0. The van der Waals surface area contributed by atoms with Gasteiger partial charge in [0.05, 0.1) is 6.07 Å². The Bertz CT molecular complexity index is 469. The first kappa shape index (κ1) is 16.0. The molecule has 0 aromatic heterocycles. The summed E-state index contributed by atoms with van der Waals surface area (Å²) in [5, 5.41) is 13.2. The van der Waals surface area contributed by atoms with Crippen molar-refractivity contribution >= 4 is 0 Å². The number of nitrogens with one attached hydrogen (secondary N) is 1. The van der Waals surface area contributed by atoms with Gasteiger partial charge in [0.1, 0.15) is 5.54 Å². The maximum atomic E-state index is 9.81. The Morgan fingerprint density at radius 3 is 2.38 bits per heavy atom. The van der Waals surface area contributed by atoms with E-state index in [1.807, 2.05) is 18.2 Å². The summed E-state index contributed by atoms with van der Waals surface area (Å²) in [4.78, 5) is 2.50. The van der Waals surface area contributed by atoms with E-state index >= 15 is 0 Å². The van der Waals surface area contributed by atoms with E-state index in [1.165, 1.54) is 0 Å². The fraction of sp³-hybridized carbons (Fsp3) is 0.611. The van der Waals surface area contributed by atoms with Crippen LogP contribution in [0.15, 0.2) is 30.3 Å². The van der Waals surface area contributed by atoms with E-state index in [-0.39, 0.29) is 0 Å². The molecule has 2 rings (SSSR count). The van der Waals surface area contributed by atoms with Crippen LogP contribution in [0, 0.1) is 23.2 Å². The topological polar surface area (TPSA) is 39.1 Å². The molecule has 1 saturated heterocycles. The van der Waals surface area contributed by atoms with Crippen molar-refractivity contribution in [1.82, 2.24) is 10.2 Å². The normalized spacial score (nSPS) is 25.4. The Balaban J connectivity index is 2.09. The van der Waals surface area contributed by atoms with Crippen LogP contribution in [0.3, 0.4) is 0 Å². The Hall–Kier alpha value is -1.37. The van der Waals surface area contributed by atoms with E-state index < -0.39 is 5.54 Å². The van der Waals surface area contributed by atoms with Gasteiger partial charge in [-0.25, -0.2) is 0 Å². The Morgan fingerprint density at radius 1 is 1.24 bits per heavy atom. The number of nitrogens with zero attached hydrogens (tertiary/aromatic N) is 2. The smallest absolute Gasteiger partial charge is 0.133 e. The third kappa shape index (κ3) is 3.64. The van der Waals surface area contributed by atoms with Crippen molar-refractivity contribution in [3.05, 3.63) is 35.9 Å². The third-order valence-electron chi connectivity index (χ3n) is 4.80. The van der Waals surface area contributed by atoms with E-state index in [1.54, 1.807) is 0 Å². The van der Waals surface area contributed by atoms with Crippen molar-refractivity contribution in [1.29, 1.82) is 5.26 Å². The average Bonchev–Trinajstić information content (AvgIpc) is 2.83. The summed E-state index contributed by atoms with van der Waals surface area (Å²) in [5.41, 5.74) is 0.514. The van der Waals surface area contributed by atoms with Gasteiger partial charge < -0.3 is 4.90 Å². The fourth-order valence-electron chi connectivity index (χ4n) is 3.28. The quantitative estimate of drug-likeness (QED) is 0.873. The number of benzene rings is 1. The van der Waals surface area contributed by atoms with Crippen LogP contribution < -0.4 is 5.32 Å². The minimum Gasteiger partial charge on any atom is -0.303 e. The highest BCUT2D eigenvalue weighted by atomic mass is 15.2. The monoisotopic (exact) mass is 285 g/mol. The predicted molar refractivity (Wildman–Crippen MR) is 86.8 cm³/mol. The van der Waals surface area contributed by atoms with Gasteiger partial charge in [-0.1, -0.05) is 51.1 Å². The number of likely N-dealkylation sites (tertiary alicyclic amines) is 1. The molecule has 3 unspecified atom stereocenters. The molecule has 1 aromatic rings. The molecular formula is C18H27N3. The molecule has 0 aliphatic carbocycles. The molecule has 3 nitrogen and oxygen atoms in total. The van der Waals surface area contributed by atoms with E-state index in [9.17, 15) is 5.26 Å². The highest BCUT2D eigenvalue weighted by molar-refractivity contribution is 5.31. The van der Waals surface area contributed by atoms with E-state index in [0.29, 0.717) is 0 Å². The average molecular weight is 285 g/mol. The highest BCUT2D eigenvalue weighted by Crippen LogP contribution is 2.27. The molecule has 0 amide bonds. The van der Waals surface area contributed by atoms with Crippen LogP contribution in [0.25, 0.3) is 0 Å². The van der Waals surface area contributed by atoms with Crippen molar-refractivity contribution in [3.63, 3.8) is 0 Å². The largest absolute Gasteiger partial charge is 0.303 e. The lowest BCUT2D eigenvalue weighted by Crippen LogP contribution is -2.43. The molecule has 1 aliphatic heterocycles. The SMILES string of the molecule is CCNC(C#N)(CCN1CC(C)C(C)C1)c1ccccc1. The second-order valence-electron chi connectivity index (χ2n) is 6.38. The summed E-state index contributed by atoms with van der Waals surface area (Å²) in [7, 11) is 0. The van der Waals surface area contributed by atoms with Gasteiger partial charge in [-0.2, -0.15) is 5.26 Å². The zero-order chi connectivity index (χ0) is 15.3. The summed E-state index contributed by atoms with van der Waals surface area (Å²) < 4.78 is 0. The van der Waals surface area contributed by atoms with Crippen LogP contribution in [0.2, 0.25) is 0 Å². The standard InChI is InChI=1S/C18H27N3/c1-4-20-18(14-19,17-8-6-5-7-9-17)10-11-21-12-15(2)16(3)13-21/h5-9,15-16,20H,4,10-13H2,1-3H3. The molecule has 21 heavy (non-hydrogen) atoms. The van der Waals surface area contributed by atoms with Gasteiger partial charge in [0.25, 0.3) is 0 Å².